The molecule has 0 radical (unpaired) electrons. The van der Waals surface area contributed by atoms with Crippen LogP contribution in [0.15, 0.2) is 12.4 Å². The van der Waals surface area contributed by atoms with Crippen LogP contribution in [0.4, 0.5) is 0 Å². The molecule has 0 fully saturated rings. The number of nitrogens with one attached hydrogen (secondary N) is 2. The van der Waals surface area contributed by atoms with Crippen LogP contribution >= 0.6 is 0 Å². The molecule has 0 bridgehead atoms. The molecule has 1 aromatic rings. The topological polar surface area (TPSA) is 40.7 Å². The van der Waals surface area contributed by atoms with E-state index < -0.39 is 0 Å². The number of nitrogens with zero attached hydrogens (tertiary/aromatic N) is 1. The Bertz CT molecular complexity index is 255. The number of H-pyrrole nitrogens is 1. The smallest absolute Gasteiger partial charge is 0.120 e. The fourth-order valence-corrected chi connectivity index (χ4v) is 2.04. The summed E-state index contributed by atoms with van der Waals surface area (Å²) in [4.78, 5) is 7.35. The molecule has 0 aliphatic rings. The van der Waals surface area contributed by atoms with Crippen molar-refractivity contribution in [1.29, 1.82) is 0 Å². The second-order valence-electron chi connectivity index (χ2n) is 5.37. The lowest BCUT2D eigenvalue weighted by atomic mass is 9.95. The molecule has 0 amide bonds. The first-order chi connectivity index (χ1) is 7.58. The van der Waals surface area contributed by atoms with Crippen LogP contribution < -0.4 is 5.32 Å². The summed E-state index contributed by atoms with van der Waals surface area (Å²) in [5.74, 6) is 2.51. The zero-order chi connectivity index (χ0) is 12.0. The molecular weight excluding hydrogens is 198 g/mol. The van der Waals surface area contributed by atoms with Crippen LogP contribution in [0.2, 0.25) is 0 Å². The van der Waals surface area contributed by atoms with Crippen molar-refractivity contribution < 1.29 is 0 Å². The van der Waals surface area contributed by atoms with Gasteiger partial charge in [0.25, 0.3) is 0 Å². The molecule has 0 saturated heterocycles. The molecule has 0 unspecified atom stereocenters. The molecule has 0 saturated carbocycles. The zero-order valence-corrected chi connectivity index (χ0v) is 11.0. The third kappa shape index (κ3) is 5.31. The maximum Gasteiger partial charge on any atom is 0.120 e. The van der Waals surface area contributed by atoms with E-state index in [0.717, 1.165) is 24.2 Å². The average molecular weight is 223 g/mol. The molecule has 3 heteroatoms. The summed E-state index contributed by atoms with van der Waals surface area (Å²) in [6, 6.07) is 0.602. The quantitative estimate of drug-likeness (QED) is 0.746. The molecule has 0 spiro atoms. The van der Waals surface area contributed by atoms with Gasteiger partial charge >= 0.3 is 0 Å². The summed E-state index contributed by atoms with van der Waals surface area (Å²) in [5.41, 5.74) is 0. The Kier molecular flexibility index (Phi) is 5.53. The number of aromatic amines is 1. The Hall–Kier alpha value is -0.830. The van der Waals surface area contributed by atoms with Gasteiger partial charge in [-0.15, -0.1) is 0 Å². The highest BCUT2D eigenvalue weighted by molar-refractivity contribution is 4.87. The molecule has 1 heterocycles. The first-order valence-corrected chi connectivity index (χ1v) is 6.29. The van der Waals surface area contributed by atoms with Gasteiger partial charge in [-0.05, 0) is 24.7 Å². The lowest BCUT2D eigenvalue weighted by Gasteiger charge is -2.22. The van der Waals surface area contributed by atoms with Crippen LogP contribution in [0.1, 0.15) is 46.4 Å². The van der Waals surface area contributed by atoms with Crippen LogP contribution in [0.5, 0.6) is 0 Å². The molecule has 92 valence electrons. The minimum absolute atomic E-state index is 0.602. The van der Waals surface area contributed by atoms with Gasteiger partial charge < -0.3 is 10.3 Å². The molecule has 1 aromatic heterocycles. The van der Waals surface area contributed by atoms with E-state index in [1.54, 1.807) is 6.20 Å². The van der Waals surface area contributed by atoms with Gasteiger partial charge in [0.15, 0.2) is 0 Å². The van der Waals surface area contributed by atoms with E-state index in [1.807, 2.05) is 6.20 Å². The van der Waals surface area contributed by atoms with Crippen LogP contribution in [-0.2, 0) is 6.54 Å². The molecular formula is C13H25N3. The van der Waals surface area contributed by atoms with E-state index in [-0.39, 0.29) is 0 Å². The molecule has 0 aliphatic heterocycles. The fraction of sp³-hybridized carbons (Fsp3) is 0.769. The summed E-state index contributed by atoms with van der Waals surface area (Å²) in [6.07, 6.45) is 6.14. The second-order valence-corrected chi connectivity index (χ2v) is 5.37. The van der Waals surface area contributed by atoms with Crippen LogP contribution in [-0.4, -0.2) is 16.0 Å². The first-order valence-electron chi connectivity index (χ1n) is 6.29. The van der Waals surface area contributed by atoms with Crippen molar-refractivity contribution in [2.24, 2.45) is 11.8 Å². The van der Waals surface area contributed by atoms with Crippen molar-refractivity contribution in [3.05, 3.63) is 18.2 Å². The number of rotatable bonds is 7. The van der Waals surface area contributed by atoms with E-state index in [4.69, 9.17) is 0 Å². The Balaban J connectivity index is 2.37. The largest absolute Gasteiger partial charge is 0.348 e. The fourth-order valence-electron chi connectivity index (χ4n) is 2.04. The number of imidazole rings is 1. The van der Waals surface area contributed by atoms with Gasteiger partial charge in [0.05, 0.1) is 6.54 Å². The number of hydrogen-bond acceptors (Lipinski definition) is 2. The number of hydrogen-bond donors (Lipinski definition) is 2. The van der Waals surface area contributed by atoms with Gasteiger partial charge in [-0.25, -0.2) is 4.98 Å². The highest BCUT2D eigenvalue weighted by Gasteiger charge is 2.12. The zero-order valence-electron chi connectivity index (χ0n) is 11.0. The minimum Gasteiger partial charge on any atom is -0.348 e. The second kappa shape index (κ2) is 6.69. The summed E-state index contributed by atoms with van der Waals surface area (Å²) < 4.78 is 0. The van der Waals surface area contributed by atoms with Gasteiger partial charge in [0.2, 0.25) is 0 Å². The molecule has 1 rings (SSSR count). The van der Waals surface area contributed by atoms with Gasteiger partial charge in [-0.3, -0.25) is 0 Å². The van der Waals surface area contributed by atoms with E-state index in [9.17, 15) is 0 Å². The van der Waals surface area contributed by atoms with Crippen molar-refractivity contribution in [1.82, 2.24) is 15.3 Å². The van der Waals surface area contributed by atoms with Crippen LogP contribution in [0, 0.1) is 11.8 Å². The SMILES string of the molecule is CC(C)CC(CC(C)C)NCc1ncc[nH]1. The van der Waals surface area contributed by atoms with Crippen LogP contribution in [0.3, 0.4) is 0 Å². The van der Waals surface area contributed by atoms with Crippen molar-refractivity contribution in [2.45, 2.75) is 53.1 Å². The number of aromatic nitrogens is 2. The highest BCUT2D eigenvalue weighted by atomic mass is 15.0. The van der Waals surface area contributed by atoms with E-state index in [0.29, 0.717) is 6.04 Å². The van der Waals surface area contributed by atoms with Crippen LogP contribution in [0.25, 0.3) is 0 Å². The maximum atomic E-state index is 4.23. The summed E-state index contributed by atoms with van der Waals surface area (Å²) in [6.45, 7) is 9.96. The molecule has 0 aromatic carbocycles. The Morgan fingerprint density at radius 1 is 1.19 bits per heavy atom. The standard InChI is InChI=1S/C13H25N3/c1-10(2)7-12(8-11(3)4)16-9-13-14-5-6-15-13/h5-6,10-12,16H,7-9H2,1-4H3,(H,14,15). The normalized spacial score (nSPS) is 11.9. The minimum atomic E-state index is 0.602. The summed E-state index contributed by atoms with van der Waals surface area (Å²) >= 11 is 0. The van der Waals surface area contributed by atoms with Crippen molar-refractivity contribution in [3.63, 3.8) is 0 Å². The van der Waals surface area contributed by atoms with Crippen molar-refractivity contribution in [3.8, 4) is 0 Å². The molecule has 16 heavy (non-hydrogen) atoms. The Labute approximate surface area is 99.1 Å². The first kappa shape index (κ1) is 13.2. The lowest BCUT2D eigenvalue weighted by molar-refractivity contribution is 0.356. The van der Waals surface area contributed by atoms with E-state index in [1.165, 1.54) is 12.8 Å². The van der Waals surface area contributed by atoms with E-state index >= 15 is 0 Å². The molecule has 0 aliphatic carbocycles. The van der Waals surface area contributed by atoms with E-state index in [2.05, 4.69) is 43.0 Å². The third-order valence-electron chi connectivity index (χ3n) is 2.62. The molecule has 0 atom stereocenters. The molecule has 3 nitrogen and oxygen atoms in total. The Morgan fingerprint density at radius 2 is 1.81 bits per heavy atom. The predicted octanol–water partition coefficient (Wildman–Crippen LogP) is 2.96. The van der Waals surface area contributed by atoms with Gasteiger partial charge in [-0.1, -0.05) is 27.7 Å². The average Bonchev–Trinajstić information content (AvgIpc) is 2.64. The van der Waals surface area contributed by atoms with Gasteiger partial charge in [0.1, 0.15) is 5.82 Å². The third-order valence-corrected chi connectivity index (χ3v) is 2.62. The Morgan fingerprint density at radius 3 is 2.25 bits per heavy atom. The van der Waals surface area contributed by atoms with Crippen molar-refractivity contribution >= 4 is 0 Å². The summed E-state index contributed by atoms with van der Waals surface area (Å²) in [5, 5.41) is 3.59. The molecule has 2 N–H and O–H groups in total. The van der Waals surface area contributed by atoms with Gasteiger partial charge in [0, 0.05) is 18.4 Å². The monoisotopic (exact) mass is 223 g/mol. The maximum absolute atomic E-state index is 4.23. The predicted molar refractivity (Wildman–Crippen MR) is 68.1 cm³/mol. The lowest BCUT2D eigenvalue weighted by Crippen LogP contribution is -2.31. The summed E-state index contributed by atoms with van der Waals surface area (Å²) in [7, 11) is 0. The highest BCUT2D eigenvalue weighted by Crippen LogP contribution is 2.13. The van der Waals surface area contributed by atoms with Crippen molar-refractivity contribution in [2.75, 3.05) is 0 Å². The van der Waals surface area contributed by atoms with Gasteiger partial charge in [-0.2, -0.15) is 0 Å².